The van der Waals surface area contributed by atoms with Crippen LogP contribution in [0.1, 0.15) is 32.9 Å². The molecular weight excluding hydrogens is 452 g/mol. The van der Waals surface area contributed by atoms with E-state index >= 15 is 0 Å². The van der Waals surface area contributed by atoms with Crippen LogP contribution in [0, 0.1) is 13.8 Å². The number of aromatic nitrogens is 2. The first kappa shape index (κ1) is 23.3. The van der Waals surface area contributed by atoms with Crippen LogP contribution in [-0.4, -0.2) is 24.5 Å². The van der Waals surface area contributed by atoms with E-state index in [9.17, 15) is 13.2 Å². The predicted molar refractivity (Wildman–Crippen MR) is 129 cm³/mol. The van der Waals surface area contributed by atoms with Crippen LogP contribution in [0.25, 0.3) is 22.6 Å². The minimum absolute atomic E-state index is 0.202. The highest BCUT2D eigenvalue weighted by atomic mass is 32.2. The number of hydrogen-bond donors (Lipinski definition) is 2. The molecule has 4 rings (SSSR count). The summed E-state index contributed by atoms with van der Waals surface area (Å²) in [7, 11) is -3.57. The summed E-state index contributed by atoms with van der Waals surface area (Å²) in [5, 5.41) is 15.9. The average molecular weight is 477 g/mol. The fourth-order valence-corrected chi connectivity index (χ4v) is 4.21. The van der Waals surface area contributed by atoms with E-state index in [2.05, 4.69) is 15.5 Å². The van der Waals surface area contributed by atoms with E-state index in [4.69, 9.17) is 9.56 Å². The van der Waals surface area contributed by atoms with Gasteiger partial charge in [-0.3, -0.25) is 4.79 Å². The molecule has 1 aromatic heterocycles. The maximum absolute atomic E-state index is 12.6. The van der Waals surface area contributed by atoms with Crippen molar-refractivity contribution in [1.82, 2.24) is 15.5 Å². The van der Waals surface area contributed by atoms with E-state index in [1.54, 1.807) is 43.3 Å². The van der Waals surface area contributed by atoms with Gasteiger partial charge in [-0.1, -0.05) is 42.5 Å². The Balaban J connectivity index is 1.43. The molecule has 0 unspecified atom stereocenters. The lowest BCUT2D eigenvalue weighted by Gasteiger charge is -2.10. The summed E-state index contributed by atoms with van der Waals surface area (Å²) >= 11 is 0. The lowest BCUT2D eigenvalue weighted by Crippen LogP contribution is -2.22. The Labute approximate surface area is 197 Å². The summed E-state index contributed by atoms with van der Waals surface area (Å²) in [6, 6.07) is 20.2. The smallest absolute Gasteiger partial charge is 0.251 e. The van der Waals surface area contributed by atoms with Gasteiger partial charge in [0.2, 0.25) is 21.8 Å². The average Bonchev–Trinajstić information content (AvgIpc) is 3.24. The van der Waals surface area contributed by atoms with Crippen LogP contribution >= 0.6 is 0 Å². The minimum Gasteiger partial charge on any atom is -0.421 e. The molecule has 0 saturated carbocycles. The van der Waals surface area contributed by atoms with Crippen LogP contribution in [0.5, 0.6) is 0 Å². The Morgan fingerprint density at radius 2 is 1.56 bits per heavy atom. The van der Waals surface area contributed by atoms with Crippen LogP contribution in [0.15, 0.2) is 71.1 Å². The van der Waals surface area contributed by atoms with E-state index in [0.717, 1.165) is 27.8 Å². The van der Waals surface area contributed by atoms with Crippen molar-refractivity contribution in [2.45, 2.75) is 26.1 Å². The summed E-state index contributed by atoms with van der Waals surface area (Å²) in [4.78, 5) is 12.6. The Morgan fingerprint density at radius 3 is 2.18 bits per heavy atom. The summed E-state index contributed by atoms with van der Waals surface area (Å²) in [6.45, 7) is 4.09. The highest BCUT2D eigenvalue weighted by molar-refractivity contribution is 7.88. The van der Waals surface area contributed by atoms with Crippen molar-refractivity contribution in [3.63, 3.8) is 0 Å². The summed E-state index contributed by atoms with van der Waals surface area (Å²) < 4.78 is 27.9. The Morgan fingerprint density at radius 1 is 0.912 bits per heavy atom. The van der Waals surface area contributed by atoms with Gasteiger partial charge in [0.1, 0.15) is 0 Å². The molecule has 3 aromatic carbocycles. The van der Waals surface area contributed by atoms with Crippen molar-refractivity contribution in [3.05, 3.63) is 94.9 Å². The minimum atomic E-state index is -3.57. The quantitative estimate of drug-likeness (QED) is 0.418. The first-order valence-corrected chi connectivity index (χ1v) is 12.3. The molecule has 0 saturated heterocycles. The number of hydrogen-bond acceptors (Lipinski definition) is 6. The monoisotopic (exact) mass is 476 g/mol. The molecule has 0 radical (unpaired) electrons. The lowest BCUT2D eigenvalue weighted by molar-refractivity contribution is 0.0951. The number of sulfonamides is 1. The number of carbonyl (C=O) groups excluding carboxylic acids is 1. The van der Waals surface area contributed by atoms with Gasteiger partial charge < -0.3 is 9.73 Å². The molecule has 0 bridgehead atoms. The second-order valence-corrected chi connectivity index (χ2v) is 9.65. The zero-order valence-electron chi connectivity index (χ0n) is 18.8. The van der Waals surface area contributed by atoms with Gasteiger partial charge in [0.05, 0.1) is 5.75 Å². The molecule has 34 heavy (non-hydrogen) atoms. The predicted octanol–water partition coefficient (Wildman–Crippen LogP) is 3.74. The number of amides is 1. The standard InChI is InChI=1S/C25H24N4O4S/c1-16-3-8-22(25-29-28-17(2)33-25)13-23(16)20-9-11-21(12-10-20)24(30)27-14-18-4-6-19(7-5-18)15-34(26,31)32/h3-13H,14-15H2,1-2H3,(H,27,30)(H2,26,31,32). The van der Waals surface area contributed by atoms with E-state index in [-0.39, 0.29) is 11.7 Å². The third-order valence-corrected chi connectivity index (χ3v) is 6.05. The molecule has 3 N–H and O–H groups in total. The van der Waals surface area contributed by atoms with Gasteiger partial charge in [0.25, 0.3) is 5.91 Å². The first-order valence-electron chi connectivity index (χ1n) is 10.6. The van der Waals surface area contributed by atoms with E-state index in [1.807, 2.05) is 37.3 Å². The first-order chi connectivity index (χ1) is 16.2. The van der Waals surface area contributed by atoms with Crippen molar-refractivity contribution >= 4 is 15.9 Å². The molecule has 9 heteroatoms. The molecule has 0 aliphatic rings. The zero-order chi connectivity index (χ0) is 24.3. The number of primary sulfonamides is 1. The lowest BCUT2D eigenvalue weighted by atomic mass is 9.97. The van der Waals surface area contributed by atoms with Gasteiger partial charge >= 0.3 is 0 Å². The van der Waals surface area contributed by atoms with Gasteiger partial charge in [0, 0.05) is 24.6 Å². The molecule has 1 amide bonds. The van der Waals surface area contributed by atoms with Gasteiger partial charge in [-0.05, 0) is 59.0 Å². The molecule has 0 aliphatic carbocycles. The van der Waals surface area contributed by atoms with Gasteiger partial charge in [-0.15, -0.1) is 10.2 Å². The van der Waals surface area contributed by atoms with Crippen LogP contribution in [0.4, 0.5) is 0 Å². The van der Waals surface area contributed by atoms with Crippen LogP contribution in [-0.2, 0) is 22.3 Å². The van der Waals surface area contributed by atoms with E-state index in [1.165, 1.54) is 0 Å². The molecule has 1 heterocycles. The highest BCUT2D eigenvalue weighted by Crippen LogP contribution is 2.29. The van der Waals surface area contributed by atoms with Crippen LogP contribution < -0.4 is 10.5 Å². The molecule has 0 atom stereocenters. The van der Waals surface area contributed by atoms with Gasteiger partial charge in [-0.2, -0.15) is 0 Å². The fourth-order valence-electron chi connectivity index (χ4n) is 3.55. The summed E-state index contributed by atoms with van der Waals surface area (Å²) in [5.41, 5.74) is 5.89. The molecule has 0 spiro atoms. The summed E-state index contributed by atoms with van der Waals surface area (Å²) in [5.74, 6) is 0.550. The Kier molecular flexibility index (Phi) is 6.58. The molecule has 8 nitrogen and oxygen atoms in total. The molecule has 4 aromatic rings. The number of nitrogens with two attached hydrogens (primary N) is 1. The number of rotatable bonds is 7. The number of benzene rings is 3. The highest BCUT2D eigenvalue weighted by Gasteiger charge is 2.11. The largest absolute Gasteiger partial charge is 0.421 e. The Bertz CT molecular complexity index is 1430. The molecule has 0 aliphatic heterocycles. The molecular formula is C25H24N4O4S. The second-order valence-electron chi connectivity index (χ2n) is 8.04. The maximum atomic E-state index is 12.6. The number of nitrogens with one attached hydrogen (secondary N) is 1. The van der Waals surface area contributed by atoms with Crippen LogP contribution in [0.3, 0.4) is 0 Å². The molecule has 0 fully saturated rings. The maximum Gasteiger partial charge on any atom is 0.251 e. The molecule has 174 valence electrons. The van der Waals surface area contributed by atoms with Crippen LogP contribution in [0.2, 0.25) is 0 Å². The SMILES string of the molecule is Cc1nnc(-c2ccc(C)c(-c3ccc(C(=O)NCc4ccc(CS(N)(=O)=O)cc4)cc3)c2)o1. The van der Waals surface area contributed by atoms with Gasteiger partial charge in [0.15, 0.2) is 0 Å². The number of nitrogens with zero attached hydrogens (tertiary/aromatic N) is 2. The second kappa shape index (κ2) is 9.58. The van der Waals surface area contributed by atoms with Crippen molar-refractivity contribution in [1.29, 1.82) is 0 Å². The van der Waals surface area contributed by atoms with Crippen molar-refractivity contribution in [2.24, 2.45) is 5.14 Å². The summed E-state index contributed by atoms with van der Waals surface area (Å²) in [6.07, 6.45) is 0. The third-order valence-electron chi connectivity index (χ3n) is 5.31. The number of carbonyl (C=O) groups is 1. The topological polar surface area (TPSA) is 128 Å². The fraction of sp³-hybridized carbons (Fsp3) is 0.160. The van der Waals surface area contributed by atoms with Crippen molar-refractivity contribution < 1.29 is 17.6 Å². The van der Waals surface area contributed by atoms with E-state index < -0.39 is 10.0 Å². The normalized spacial score (nSPS) is 11.4. The van der Waals surface area contributed by atoms with Crippen molar-refractivity contribution in [3.8, 4) is 22.6 Å². The zero-order valence-corrected chi connectivity index (χ0v) is 19.6. The Hall–Kier alpha value is -3.82. The van der Waals surface area contributed by atoms with Crippen molar-refractivity contribution in [2.75, 3.05) is 0 Å². The van der Waals surface area contributed by atoms with Gasteiger partial charge in [-0.25, -0.2) is 13.6 Å². The van der Waals surface area contributed by atoms with E-state index in [0.29, 0.717) is 29.5 Å². The third kappa shape index (κ3) is 5.75. The number of aryl methyl sites for hydroxylation is 2.